The Labute approximate surface area is 124 Å². The molecule has 5 rings (SSSR count). The summed E-state index contributed by atoms with van der Waals surface area (Å²) < 4.78 is 19.9. The summed E-state index contributed by atoms with van der Waals surface area (Å²) in [7, 11) is 0. The van der Waals surface area contributed by atoms with Crippen molar-refractivity contribution in [1.82, 2.24) is 4.90 Å². The second-order valence-corrected chi connectivity index (χ2v) is 6.76. The molecule has 2 bridgehead atoms. The Kier molecular flexibility index (Phi) is 2.95. The molecule has 112 valence electrons. The van der Waals surface area contributed by atoms with Gasteiger partial charge in [-0.15, -0.1) is 0 Å². The molecule has 3 saturated carbocycles. The van der Waals surface area contributed by atoms with Gasteiger partial charge < -0.3 is 9.64 Å². The van der Waals surface area contributed by atoms with Gasteiger partial charge in [0.1, 0.15) is 17.5 Å². The summed E-state index contributed by atoms with van der Waals surface area (Å²) in [6, 6.07) is 9.71. The zero-order chi connectivity index (χ0) is 14.4. The standard InChI is InChI=1S/C17H20FNO2/c18-17-8-12(9-17)15(10-17)16(20)19-7-6-14(11-19)21-13-4-2-1-3-5-13/h1-5,12,14-15H,6-11H2/t12?,14?,15-,17?/m0/s1. The van der Waals surface area contributed by atoms with Crippen LogP contribution in [0.5, 0.6) is 5.75 Å². The van der Waals surface area contributed by atoms with Gasteiger partial charge in [-0.2, -0.15) is 0 Å². The number of hydrogen-bond donors (Lipinski definition) is 0. The lowest BCUT2D eigenvalue weighted by molar-refractivity contribution is -0.135. The fourth-order valence-electron chi connectivity index (χ4n) is 4.13. The first-order valence-electron chi connectivity index (χ1n) is 7.82. The number of hydrogen-bond acceptors (Lipinski definition) is 2. The molecule has 1 aromatic carbocycles. The van der Waals surface area contributed by atoms with Crippen molar-refractivity contribution in [2.75, 3.05) is 13.1 Å². The zero-order valence-corrected chi connectivity index (χ0v) is 12.0. The predicted molar refractivity (Wildman–Crippen MR) is 76.7 cm³/mol. The molecule has 4 fully saturated rings. The molecule has 21 heavy (non-hydrogen) atoms. The molecule has 4 heteroatoms. The number of carbonyl (C=O) groups excluding carboxylic acids is 1. The van der Waals surface area contributed by atoms with Crippen molar-refractivity contribution in [3.8, 4) is 5.75 Å². The maximum atomic E-state index is 13.9. The highest BCUT2D eigenvalue weighted by Crippen LogP contribution is 2.58. The lowest BCUT2D eigenvalue weighted by atomic mass is 9.80. The van der Waals surface area contributed by atoms with Crippen LogP contribution in [0, 0.1) is 11.8 Å². The average molecular weight is 289 g/mol. The number of nitrogens with zero attached hydrogens (tertiary/aromatic N) is 1. The van der Waals surface area contributed by atoms with Gasteiger partial charge in [0.25, 0.3) is 0 Å². The number of rotatable bonds is 3. The molecule has 2 atom stereocenters. The second-order valence-electron chi connectivity index (χ2n) is 6.76. The van der Waals surface area contributed by atoms with Gasteiger partial charge in [0.2, 0.25) is 5.91 Å². The number of amides is 1. The molecule has 0 radical (unpaired) electrons. The Balaban J connectivity index is 1.35. The van der Waals surface area contributed by atoms with E-state index < -0.39 is 5.67 Å². The molecule has 1 aliphatic heterocycles. The number of ether oxygens (including phenoxy) is 1. The summed E-state index contributed by atoms with van der Waals surface area (Å²) in [5, 5.41) is 0. The lowest BCUT2D eigenvalue weighted by Gasteiger charge is -2.30. The predicted octanol–water partition coefficient (Wildman–Crippen LogP) is 2.80. The second kappa shape index (κ2) is 4.72. The van der Waals surface area contributed by atoms with Gasteiger partial charge in [0.05, 0.1) is 6.54 Å². The van der Waals surface area contributed by atoms with E-state index in [1.165, 1.54) is 0 Å². The maximum absolute atomic E-state index is 13.9. The Hall–Kier alpha value is -1.58. The molecule has 1 unspecified atom stereocenters. The maximum Gasteiger partial charge on any atom is 0.226 e. The van der Waals surface area contributed by atoms with Gasteiger partial charge >= 0.3 is 0 Å². The van der Waals surface area contributed by atoms with Crippen LogP contribution in [0.25, 0.3) is 0 Å². The number of benzene rings is 1. The normalized spacial score (nSPS) is 37.4. The SMILES string of the molecule is O=C([C@H]1CC2(F)CC1C2)N1CCC(Oc2ccccc2)C1. The topological polar surface area (TPSA) is 29.5 Å². The number of para-hydroxylation sites is 1. The van der Waals surface area contributed by atoms with Crippen LogP contribution in [-0.2, 0) is 4.79 Å². The summed E-state index contributed by atoms with van der Waals surface area (Å²) in [5.41, 5.74) is -1.02. The summed E-state index contributed by atoms with van der Waals surface area (Å²) in [6.07, 6.45) is 2.56. The fourth-order valence-corrected chi connectivity index (χ4v) is 4.13. The van der Waals surface area contributed by atoms with Crippen molar-refractivity contribution < 1.29 is 13.9 Å². The summed E-state index contributed by atoms with van der Waals surface area (Å²) in [5.74, 6) is 1.21. The third kappa shape index (κ3) is 2.30. The van der Waals surface area contributed by atoms with Gasteiger partial charge in [-0.1, -0.05) is 18.2 Å². The van der Waals surface area contributed by atoms with Crippen LogP contribution in [0.2, 0.25) is 0 Å². The molecular formula is C17H20FNO2. The average Bonchev–Trinajstić information content (AvgIpc) is 3.12. The Morgan fingerprint density at radius 2 is 2.00 bits per heavy atom. The molecule has 1 saturated heterocycles. The molecule has 1 aromatic rings. The minimum atomic E-state index is -1.02. The zero-order valence-electron chi connectivity index (χ0n) is 12.0. The minimum Gasteiger partial charge on any atom is -0.489 e. The van der Waals surface area contributed by atoms with Gasteiger partial charge in [-0.3, -0.25) is 4.79 Å². The van der Waals surface area contributed by atoms with E-state index in [0.717, 1.165) is 18.7 Å². The molecule has 1 heterocycles. The van der Waals surface area contributed by atoms with Crippen LogP contribution in [-0.4, -0.2) is 35.7 Å². The third-order valence-corrected chi connectivity index (χ3v) is 5.23. The van der Waals surface area contributed by atoms with E-state index in [1.807, 2.05) is 35.2 Å². The largest absolute Gasteiger partial charge is 0.489 e. The Morgan fingerprint density at radius 1 is 1.24 bits per heavy atom. The van der Waals surface area contributed by atoms with Crippen molar-refractivity contribution >= 4 is 5.91 Å². The monoisotopic (exact) mass is 289 g/mol. The van der Waals surface area contributed by atoms with Crippen LogP contribution in [0.4, 0.5) is 4.39 Å². The van der Waals surface area contributed by atoms with Crippen molar-refractivity contribution in [3.05, 3.63) is 30.3 Å². The van der Waals surface area contributed by atoms with Crippen molar-refractivity contribution in [3.63, 3.8) is 0 Å². The molecular weight excluding hydrogens is 269 g/mol. The minimum absolute atomic E-state index is 0.0621. The van der Waals surface area contributed by atoms with Crippen molar-refractivity contribution in [2.45, 2.75) is 37.5 Å². The van der Waals surface area contributed by atoms with Gasteiger partial charge in [0, 0.05) is 18.9 Å². The van der Waals surface area contributed by atoms with Crippen molar-refractivity contribution in [1.29, 1.82) is 0 Å². The highest BCUT2D eigenvalue weighted by atomic mass is 19.1. The first-order chi connectivity index (χ1) is 10.1. The third-order valence-electron chi connectivity index (χ3n) is 5.23. The molecule has 4 aliphatic rings. The summed E-state index contributed by atoms with van der Waals surface area (Å²) in [4.78, 5) is 14.4. The number of carbonyl (C=O) groups is 1. The molecule has 0 spiro atoms. The molecule has 3 aliphatic carbocycles. The number of fused-ring (bicyclic) bond motifs is 1. The van der Waals surface area contributed by atoms with Crippen LogP contribution in [0.15, 0.2) is 30.3 Å². The first-order valence-corrected chi connectivity index (χ1v) is 7.82. The summed E-state index contributed by atoms with van der Waals surface area (Å²) >= 11 is 0. The molecule has 1 amide bonds. The number of halogens is 1. The smallest absolute Gasteiger partial charge is 0.226 e. The van der Waals surface area contributed by atoms with Gasteiger partial charge in [-0.05, 0) is 37.3 Å². The number of alkyl halides is 1. The molecule has 0 aromatic heterocycles. The van der Waals surface area contributed by atoms with Crippen molar-refractivity contribution in [2.24, 2.45) is 11.8 Å². The van der Waals surface area contributed by atoms with Crippen LogP contribution in [0.1, 0.15) is 25.7 Å². The van der Waals surface area contributed by atoms with E-state index >= 15 is 0 Å². The van der Waals surface area contributed by atoms with E-state index in [1.54, 1.807) is 0 Å². The highest BCUT2D eigenvalue weighted by molar-refractivity contribution is 5.80. The van der Waals surface area contributed by atoms with Gasteiger partial charge in [0.15, 0.2) is 0 Å². The van der Waals surface area contributed by atoms with Gasteiger partial charge in [-0.25, -0.2) is 4.39 Å². The van der Waals surface area contributed by atoms with E-state index in [9.17, 15) is 9.18 Å². The molecule has 3 nitrogen and oxygen atoms in total. The Morgan fingerprint density at radius 3 is 2.67 bits per heavy atom. The van der Waals surface area contributed by atoms with E-state index in [4.69, 9.17) is 4.74 Å². The van der Waals surface area contributed by atoms with E-state index in [0.29, 0.717) is 25.8 Å². The van der Waals surface area contributed by atoms with E-state index in [-0.39, 0.29) is 23.8 Å². The van der Waals surface area contributed by atoms with Crippen LogP contribution < -0.4 is 4.74 Å². The lowest BCUT2D eigenvalue weighted by Crippen LogP contribution is -2.37. The molecule has 0 N–H and O–H groups in total. The quantitative estimate of drug-likeness (QED) is 0.856. The van der Waals surface area contributed by atoms with E-state index in [2.05, 4.69) is 0 Å². The number of likely N-dealkylation sites (tertiary alicyclic amines) is 1. The first kappa shape index (κ1) is 13.1. The highest BCUT2D eigenvalue weighted by Gasteiger charge is 2.59. The Bertz CT molecular complexity index is 541. The summed E-state index contributed by atoms with van der Waals surface area (Å²) in [6.45, 7) is 1.37. The van der Waals surface area contributed by atoms with Crippen LogP contribution >= 0.6 is 0 Å². The fraction of sp³-hybridized carbons (Fsp3) is 0.588. The van der Waals surface area contributed by atoms with Crippen LogP contribution in [0.3, 0.4) is 0 Å².